The quantitative estimate of drug-likeness (QED) is 0.605. The molecule has 120 valence electrons. The lowest BCUT2D eigenvalue weighted by Gasteiger charge is -2.04. The van der Waals surface area contributed by atoms with Crippen molar-refractivity contribution < 1.29 is 9.53 Å². The third-order valence-electron chi connectivity index (χ3n) is 2.99. The zero-order valence-electron chi connectivity index (χ0n) is 14.3. The van der Waals surface area contributed by atoms with E-state index in [0.29, 0.717) is 13.0 Å². The Kier molecular flexibility index (Phi) is 12.8. The van der Waals surface area contributed by atoms with Crippen molar-refractivity contribution in [1.29, 1.82) is 0 Å². The maximum absolute atomic E-state index is 11.2. The Hall–Kier alpha value is -1.31. The standard InChI is InChI=1S/C16H24O2.C3H8/c1-3-5-7-14-10-12-15(13-11-14)8-6-9-16(17)18-4-2;1-3-2/h10-13H,3-9H2,1-2H3;3H2,1-2H3. The second-order valence-electron chi connectivity index (χ2n) is 5.29. The number of esters is 1. The molecule has 0 aromatic heterocycles. The zero-order valence-corrected chi connectivity index (χ0v) is 14.3. The van der Waals surface area contributed by atoms with Crippen LogP contribution in [0.1, 0.15) is 70.9 Å². The van der Waals surface area contributed by atoms with Crippen molar-refractivity contribution in [1.82, 2.24) is 0 Å². The zero-order chi connectivity index (χ0) is 15.9. The van der Waals surface area contributed by atoms with Crippen LogP contribution in [0.5, 0.6) is 0 Å². The molecule has 0 radical (unpaired) electrons. The molecule has 1 rings (SSSR count). The lowest BCUT2D eigenvalue weighted by molar-refractivity contribution is -0.143. The van der Waals surface area contributed by atoms with E-state index >= 15 is 0 Å². The van der Waals surface area contributed by atoms with Gasteiger partial charge >= 0.3 is 5.97 Å². The van der Waals surface area contributed by atoms with Crippen LogP contribution in [-0.2, 0) is 22.4 Å². The Labute approximate surface area is 130 Å². The predicted octanol–water partition coefficient (Wildman–Crippen LogP) is 5.33. The summed E-state index contributed by atoms with van der Waals surface area (Å²) in [5, 5.41) is 0. The van der Waals surface area contributed by atoms with Crippen molar-refractivity contribution in [2.45, 2.75) is 72.6 Å². The first-order valence-electron chi connectivity index (χ1n) is 8.41. The number of rotatable bonds is 8. The van der Waals surface area contributed by atoms with Gasteiger partial charge in [-0.3, -0.25) is 4.79 Å². The van der Waals surface area contributed by atoms with Crippen LogP contribution in [0.25, 0.3) is 0 Å². The average Bonchev–Trinajstić information content (AvgIpc) is 2.47. The van der Waals surface area contributed by atoms with Crippen LogP contribution in [0.3, 0.4) is 0 Å². The molecule has 0 aliphatic rings. The molecular formula is C19H32O2. The topological polar surface area (TPSA) is 26.3 Å². The van der Waals surface area contributed by atoms with Crippen LogP contribution in [-0.4, -0.2) is 12.6 Å². The predicted molar refractivity (Wildman–Crippen MR) is 90.6 cm³/mol. The third-order valence-corrected chi connectivity index (χ3v) is 2.99. The van der Waals surface area contributed by atoms with Crippen LogP contribution < -0.4 is 0 Å². The van der Waals surface area contributed by atoms with Gasteiger partial charge < -0.3 is 4.74 Å². The Morgan fingerprint density at radius 1 is 0.905 bits per heavy atom. The van der Waals surface area contributed by atoms with Gasteiger partial charge in [0.1, 0.15) is 0 Å². The second kappa shape index (κ2) is 13.7. The Morgan fingerprint density at radius 2 is 1.38 bits per heavy atom. The van der Waals surface area contributed by atoms with Crippen LogP contribution in [0.15, 0.2) is 24.3 Å². The van der Waals surface area contributed by atoms with Gasteiger partial charge in [0.2, 0.25) is 0 Å². The fraction of sp³-hybridized carbons (Fsp3) is 0.632. The highest BCUT2D eigenvalue weighted by Crippen LogP contribution is 2.10. The number of hydrogen-bond donors (Lipinski definition) is 0. The number of carbonyl (C=O) groups excluding carboxylic acids is 1. The molecular weight excluding hydrogens is 260 g/mol. The first-order chi connectivity index (χ1) is 10.2. The van der Waals surface area contributed by atoms with Gasteiger partial charge in [0.15, 0.2) is 0 Å². The van der Waals surface area contributed by atoms with Crippen LogP contribution in [0.4, 0.5) is 0 Å². The van der Waals surface area contributed by atoms with E-state index in [4.69, 9.17) is 4.74 Å². The summed E-state index contributed by atoms with van der Waals surface area (Å²) in [6.07, 6.45) is 7.24. The molecule has 0 saturated carbocycles. The van der Waals surface area contributed by atoms with E-state index < -0.39 is 0 Å². The van der Waals surface area contributed by atoms with E-state index in [1.807, 2.05) is 6.92 Å². The Balaban J connectivity index is 0.00000122. The Morgan fingerprint density at radius 3 is 1.81 bits per heavy atom. The summed E-state index contributed by atoms with van der Waals surface area (Å²) in [5.74, 6) is -0.0861. The number of benzene rings is 1. The molecule has 21 heavy (non-hydrogen) atoms. The van der Waals surface area contributed by atoms with E-state index in [1.165, 1.54) is 36.8 Å². The molecule has 2 nitrogen and oxygen atoms in total. The summed E-state index contributed by atoms with van der Waals surface area (Å²) in [4.78, 5) is 11.2. The van der Waals surface area contributed by atoms with Crippen LogP contribution in [0, 0.1) is 0 Å². The van der Waals surface area contributed by atoms with E-state index in [2.05, 4.69) is 45.0 Å². The minimum absolute atomic E-state index is 0.0861. The summed E-state index contributed by atoms with van der Waals surface area (Å²) in [6.45, 7) is 8.78. The maximum atomic E-state index is 11.2. The average molecular weight is 292 g/mol. The summed E-state index contributed by atoms with van der Waals surface area (Å²) in [6, 6.07) is 8.76. The summed E-state index contributed by atoms with van der Waals surface area (Å²) < 4.78 is 4.90. The minimum Gasteiger partial charge on any atom is -0.466 e. The number of ether oxygens (including phenoxy) is 1. The molecule has 1 aromatic carbocycles. The van der Waals surface area contributed by atoms with Crippen molar-refractivity contribution in [3.63, 3.8) is 0 Å². The first kappa shape index (κ1) is 19.7. The minimum atomic E-state index is -0.0861. The molecule has 0 saturated heterocycles. The largest absolute Gasteiger partial charge is 0.466 e. The number of hydrogen-bond acceptors (Lipinski definition) is 2. The van der Waals surface area contributed by atoms with Gasteiger partial charge in [0, 0.05) is 6.42 Å². The molecule has 0 aliphatic heterocycles. The smallest absolute Gasteiger partial charge is 0.305 e. The van der Waals surface area contributed by atoms with Gasteiger partial charge in [-0.2, -0.15) is 0 Å². The van der Waals surface area contributed by atoms with E-state index in [1.54, 1.807) is 0 Å². The highest BCUT2D eigenvalue weighted by molar-refractivity contribution is 5.69. The van der Waals surface area contributed by atoms with E-state index in [9.17, 15) is 4.79 Å². The lowest BCUT2D eigenvalue weighted by Crippen LogP contribution is -2.04. The first-order valence-corrected chi connectivity index (χ1v) is 8.41. The van der Waals surface area contributed by atoms with E-state index in [-0.39, 0.29) is 5.97 Å². The number of aryl methyl sites for hydroxylation is 2. The molecule has 0 unspecified atom stereocenters. The molecule has 0 spiro atoms. The molecule has 0 fully saturated rings. The van der Waals surface area contributed by atoms with Gasteiger partial charge in [0.25, 0.3) is 0 Å². The van der Waals surface area contributed by atoms with Gasteiger partial charge in [0.05, 0.1) is 6.61 Å². The summed E-state index contributed by atoms with van der Waals surface area (Å²) in [7, 11) is 0. The van der Waals surface area contributed by atoms with Gasteiger partial charge in [-0.05, 0) is 43.7 Å². The molecule has 0 atom stereocenters. The van der Waals surface area contributed by atoms with Crippen molar-refractivity contribution in [2.24, 2.45) is 0 Å². The molecule has 0 heterocycles. The van der Waals surface area contributed by atoms with Crippen molar-refractivity contribution in [3.8, 4) is 0 Å². The van der Waals surface area contributed by atoms with Gasteiger partial charge in [-0.25, -0.2) is 0 Å². The third kappa shape index (κ3) is 11.1. The van der Waals surface area contributed by atoms with Crippen LogP contribution in [0.2, 0.25) is 0 Å². The highest BCUT2D eigenvalue weighted by Gasteiger charge is 2.01. The lowest BCUT2D eigenvalue weighted by atomic mass is 10.0. The highest BCUT2D eigenvalue weighted by atomic mass is 16.5. The fourth-order valence-corrected chi connectivity index (χ4v) is 1.92. The van der Waals surface area contributed by atoms with Crippen molar-refractivity contribution >= 4 is 5.97 Å². The van der Waals surface area contributed by atoms with E-state index in [0.717, 1.165) is 12.8 Å². The number of carbonyl (C=O) groups is 1. The molecule has 2 heteroatoms. The number of unbranched alkanes of at least 4 members (excludes halogenated alkanes) is 1. The second-order valence-corrected chi connectivity index (χ2v) is 5.29. The van der Waals surface area contributed by atoms with Crippen molar-refractivity contribution in [3.05, 3.63) is 35.4 Å². The van der Waals surface area contributed by atoms with Crippen LogP contribution >= 0.6 is 0 Å². The fourth-order valence-electron chi connectivity index (χ4n) is 1.92. The van der Waals surface area contributed by atoms with Crippen molar-refractivity contribution in [2.75, 3.05) is 6.61 Å². The SMILES string of the molecule is CCC.CCCCc1ccc(CCCC(=O)OCC)cc1. The monoisotopic (exact) mass is 292 g/mol. The maximum Gasteiger partial charge on any atom is 0.305 e. The summed E-state index contributed by atoms with van der Waals surface area (Å²) >= 11 is 0. The van der Waals surface area contributed by atoms with Gasteiger partial charge in [-0.15, -0.1) is 0 Å². The molecule has 0 bridgehead atoms. The summed E-state index contributed by atoms with van der Waals surface area (Å²) in [5.41, 5.74) is 2.71. The molecule has 0 aliphatic carbocycles. The molecule has 0 N–H and O–H groups in total. The normalized spacial score (nSPS) is 9.71. The molecule has 1 aromatic rings. The van der Waals surface area contributed by atoms with Gasteiger partial charge in [-0.1, -0.05) is 57.9 Å². The molecule has 0 amide bonds. The Bertz CT molecular complexity index is 354.